The molecule has 0 N–H and O–H groups in total. The summed E-state index contributed by atoms with van der Waals surface area (Å²) >= 11 is 8.86. The quantitative estimate of drug-likeness (QED) is 0.659. The van der Waals surface area contributed by atoms with E-state index >= 15 is 0 Å². The van der Waals surface area contributed by atoms with E-state index in [1.807, 2.05) is 6.07 Å². The summed E-state index contributed by atoms with van der Waals surface area (Å²) < 4.78 is 22.3. The van der Waals surface area contributed by atoms with Crippen molar-refractivity contribution in [3.63, 3.8) is 0 Å². The number of benzene rings is 1. The molecule has 0 heterocycles. The number of halogens is 3. The highest BCUT2D eigenvalue weighted by Gasteiger charge is 2.37. The predicted octanol–water partition coefficient (Wildman–Crippen LogP) is 3.13. The van der Waals surface area contributed by atoms with E-state index in [2.05, 4.69) is 47.8 Å². The zero-order valence-electron chi connectivity index (χ0n) is 7.12. The van der Waals surface area contributed by atoms with E-state index in [9.17, 15) is 8.42 Å². The first kappa shape index (κ1) is 13.2. The molecule has 0 aromatic heterocycles. The summed E-state index contributed by atoms with van der Waals surface area (Å²) in [5, 5.41) is 8.56. The van der Waals surface area contributed by atoms with Crippen LogP contribution in [0.5, 0.6) is 0 Å². The van der Waals surface area contributed by atoms with Crippen molar-refractivity contribution in [2.24, 2.45) is 0 Å². The zero-order chi connectivity index (χ0) is 11.7. The zero-order valence-corrected chi connectivity index (χ0v) is 12.7. The van der Waals surface area contributed by atoms with Crippen molar-refractivity contribution in [1.29, 1.82) is 5.26 Å². The van der Waals surface area contributed by atoms with Gasteiger partial charge in [-0.25, -0.2) is 8.42 Å². The van der Waals surface area contributed by atoms with Gasteiger partial charge in [-0.05, 0) is 72.1 Å². The Morgan fingerprint density at radius 2 is 1.60 bits per heavy atom. The van der Waals surface area contributed by atoms with Crippen LogP contribution in [0.15, 0.2) is 29.2 Å². The van der Waals surface area contributed by atoms with Crippen molar-refractivity contribution in [3.05, 3.63) is 29.8 Å². The highest BCUT2D eigenvalue weighted by Crippen LogP contribution is 2.43. The smallest absolute Gasteiger partial charge is 0.220 e. The third-order valence-electron chi connectivity index (χ3n) is 1.60. The van der Waals surface area contributed by atoms with Gasteiger partial charge in [-0.3, -0.25) is 0 Å². The maximum atomic E-state index is 11.8. The molecule has 0 aliphatic rings. The van der Waals surface area contributed by atoms with Crippen LogP contribution in [0.4, 0.5) is 0 Å². The van der Waals surface area contributed by atoms with Crippen LogP contribution in [-0.2, 0) is 9.84 Å². The summed E-state index contributed by atoms with van der Waals surface area (Å²) in [6, 6.07) is 7.58. The van der Waals surface area contributed by atoms with E-state index in [0.717, 1.165) is 0 Å². The van der Waals surface area contributed by atoms with E-state index in [0.29, 0.717) is 5.56 Å². The first-order valence-electron chi connectivity index (χ1n) is 3.60. The Hall–Kier alpha value is 0.1000. The second-order valence-corrected chi connectivity index (χ2v) is 13.0. The summed E-state index contributed by atoms with van der Waals surface area (Å²) in [7, 11) is -3.56. The van der Waals surface area contributed by atoms with E-state index in [4.69, 9.17) is 5.26 Å². The van der Waals surface area contributed by atoms with Crippen LogP contribution < -0.4 is 0 Å². The summed E-state index contributed by atoms with van der Waals surface area (Å²) in [5.41, 5.74) is 0.415. The van der Waals surface area contributed by atoms with Crippen LogP contribution in [-0.4, -0.2) is 9.89 Å². The van der Waals surface area contributed by atoms with Crippen LogP contribution >= 0.6 is 47.8 Å². The maximum absolute atomic E-state index is 11.8. The number of hydrogen-bond donors (Lipinski definition) is 0. The van der Waals surface area contributed by atoms with Gasteiger partial charge in [0.15, 0.2) is 0 Å². The van der Waals surface area contributed by atoms with Crippen LogP contribution in [0.2, 0.25) is 0 Å². The molecule has 0 bridgehead atoms. The molecular weight excluding hydrogens is 414 g/mol. The van der Waals surface area contributed by atoms with Crippen LogP contribution in [0.1, 0.15) is 5.56 Å². The van der Waals surface area contributed by atoms with Crippen molar-refractivity contribution in [1.82, 2.24) is 0 Å². The van der Waals surface area contributed by atoms with Gasteiger partial charge in [0.1, 0.15) is 0 Å². The molecule has 80 valence electrons. The molecular formula is C8H4Br3NO2S. The molecule has 7 heteroatoms. The fourth-order valence-electron chi connectivity index (χ4n) is 0.842. The van der Waals surface area contributed by atoms with Gasteiger partial charge < -0.3 is 0 Å². The van der Waals surface area contributed by atoms with Gasteiger partial charge in [0.25, 0.3) is 0 Å². The monoisotopic (exact) mass is 415 g/mol. The Morgan fingerprint density at radius 1 is 1.13 bits per heavy atom. The molecule has 1 aromatic carbocycles. The first-order valence-corrected chi connectivity index (χ1v) is 7.47. The third-order valence-corrected chi connectivity index (χ3v) is 6.94. The Balaban J connectivity index is 3.26. The standard InChI is InChI=1S/C8H4Br3NO2S/c9-8(10,11)15(13,14)7-3-1-6(5-12)2-4-7/h1-4H. The van der Waals surface area contributed by atoms with Crippen LogP contribution in [0.3, 0.4) is 0 Å². The molecule has 3 nitrogen and oxygen atoms in total. The number of hydrogen-bond acceptors (Lipinski definition) is 3. The molecule has 1 aromatic rings. The molecule has 0 aliphatic carbocycles. The molecule has 0 radical (unpaired) electrons. The van der Waals surface area contributed by atoms with Crippen molar-refractivity contribution < 1.29 is 8.42 Å². The summed E-state index contributed by atoms with van der Waals surface area (Å²) in [5.74, 6) is 0. The first-order chi connectivity index (χ1) is 6.79. The van der Waals surface area contributed by atoms with Crippen LogP contribution in [0, 0.1) is 11.3 Å². The molecule has 0 fully saturated rings. The number of sulfone groups is 1. The topological polar surface area (TPSA) is 57.9 Å². The second kappa shape index (κ2) is 4.53. The normalized spacial score (nSPS) is 12.1. The average molecular weight is 418 g/mol. The molecule has 0 aliphatic heterocycles. The van der Waals surface area contributed by atoms with E-state index in [-0.39, 0.29) is 4.90 Å². The summed E-state index contributed by atoms with van der Waals surface area (Å²) in [6.45, 7) is 0. The molecule has 0 spiro atoms. The largest absolute Gasteiger partial charge is 0.239 e. The lowest BCUT2D eigenvalue weighted by Crippen LogP contribution is -2.17. The van der Waals surface area contributed by atoms with Gasteiger partial charge in [0.05, 0.1) is 16.5 Å². The number of alkyl halides is 3. The minimum atomic E-state index is -3.56. The maximum Gasteiger partial charge on any atom is 0.239 e. The average Bonchev–Trinajstić information content (AvgIpc) is 2.16. The van der Waals surface area contributed by atoms with Crippen molar-refractivity contribution in [2.75, 3.05) is 0 Å². The molecule has 0 unspecified atom stereocenters. The molecule has 1 rings (SSSR count). The van der Waals surface area contributed by atoms with Crippen LogP contribution in [0.25, 0.3) is 0 Å². The van der Waals surface area contributed by atoms with Gasteiger partial charge in [0, 0.05) is 0 Å². The lowest BCUT2D eigenvalue weighted by atomic mass is 10.2. The number of nitriles is 1. The summed E-state index contributed by atoms with van der Waals surface area (Å²) in [4.78, 5) is 0.118. The minimum absolute atomic E-state index is 0.118. The molecule has 15 heavy (non-hydrogen) atoms. The van der Waals surface area contributed by atoms with Crippen molar-refractivity contribution >= 4 is 57.6 Å². The van der Waals surface area contributed by atoms with E-state index < -0.39 is 11.3 Å². The minimum Gasteiger partial charge on any atom is -0.220 e. The second-order valence-electron chi connectivity index (χ2n) is 2.59. The highest BCUT2D eigenvalue weighted by molar-refractivity contribution is 9.42. The van der Waals surface area contributed by atoms with E-state index in [1.54, 1.807) is 0 Å². The van der Waals surface area contributed by atoms with Crippen molar-refractivity contribution in [2.45, 2.75) is 6.37 Å². The SMILES string of the molecule is N#Cc1ccc(S(=O)(=O)C(Br)(Br)Br)cc1. The Morgan fingerprint density at radius 3 is 1.93 bits per heavy atom. The third kappa shape index (κ3) is 2.81. The highest BCUT2D eigenvalue weighted by atomic mass is 80.0. The Kier molecular flexibility index (Phi) is 3.98. The fraction of sp³-hybridized carbons (Fsp3) is 0.125. The lowest BCUT2D eigenvalue weighted by molar-refractivity contribution is 0.599. The van der Waals surface area contributed by atoms with E-state index in [1.165, 1.54) is 24.3 Å². The fourth-order valence-corrected chi connectivity index (χ4v) is 3.29. The molecule has 0 atom stereocenters. The molecule has 0 saturated heterocycles. The molecule has 0 saturated carbocycles. The van der Waals surface area contributed by atoms with Gasteiger partial charge in [-0.15, -0.1) is 0 Å². The summed E-state index contributed by atoms with van der Waals surface area (Å²) in [6.07, 6.45) is 0. The molecule has 0 amide bonds. The lowest BCUT2D eigenvalue weighted by Gasteiger charge is -2.13. The number of rotatable bonds is 1. The van der Waals surface area contributed by atoms with Gasteiger partial charge in [-0.2, -0.15) is 5.26 Å². The van der Waals surface area contributed by atoms with Crippen molar-refractivity contribution in [3.8, 4) is 6.07 Å². The Bertz CT molecular complexity index is 496. The Labute approximate surface area is 113 Å². The van der Waals surface area contributed by atoms with Gasteiger partial charge in [-0.1, -0.05) is 0 Å². The number of nitrogens with zero attached hydrogens (tertiary/aromatic N) is 1. The van der Waals surface area contributed by atoms with Gasteiger partial charge in [0.2, 0.25) is 11.3 Å². The predicted molar refractivity (Wildman–Crippen MR) is 67.9 cm³/mol. The van der Waals surface area contributed by atoms with Gasteiger partial charge >= 0.3 is 0 Å².